The maximum Gasteiger partial charge on any atom is 0.307 e. The van der Waals surface area contributed by atoms with E-state index >= 15 is 0 Å². The Kier molecular flexibility index (Phi) is 7.08. The molecule has 0 saturated heterocycles. The van der Waals surface area contributed by atoms with E-state index in [1.807, 2.05) is 11.5 Å². The Bertz CT molecular complexity index is 443. The van der Waals surface area contributed by atoms with Crippen molar-refractivity contribution < 1.29 is 9.53 Å². The lowest BCUT2D eigenvalue weighted by Gasteiger charge is -2.12. The molecule has 1 aromatic heterocycles. The third-order valence-corrected chi connectivity index (χ3v) is 2.73. The van der Waals surface area contributed by atoms with Crippen LogP contribution >= 0.6 is 0 Å². The summed E-state index contributed by atoms with van der Waals surface area (Å²) in [6, 6.07) is 0. The number of guanidine groups is 1. The quantitative estimate of drug-likeness (QED) is 0.400. The van der Waals surface area contributed by atoms with Gasteiger partial charge in [-0.1, -0.05) is 6.92 Å². The summed E-state index contributed by atoms with van der Waals surface area (Å²) in [6.07, 6.45) is 2.88. The van der Waals surface area contributed by atoms with Crippen LogP contribution in [-0.2, 0) is 22.5 Å². The van der Waals surface area contributed by atoms with Crippen LogP contribution in [0.1, 0.15) is 19.2 Å². The van der Waals surface area contributed by atoms with E-state index in [4.69, 9.17) is 0 Å². The van der Waals surface area contributed by atoms with E-state index in [2.05, 4.69) is 30.6 Å². The molecule has 1 rings (SSSR count). The Morgan fingerprint density at radius 2 is 2.20 bits per heavy atom. The van der Waals surface area contributed by atoms with Crippen molar-refractivity contribution in [1.82, 2.24) is 25.4 Å². The highest BCUT2D eigenvalue weighted by molar-refractivity contribution is 5.80. The largest absolute Gasteiger partial charge is 0.469 e. The van der Waals surface area contributed by atoms with Crippen molar-refractivity contribution in [3.8, 4) is 0 Å². The summed E-state index contributed by atoms with van der Waals surface area (Å²) < 4.78 is 6.56. The fourth-order valence-corrected chi connectivity index (χ4v) is 1.64. The van der Waals surface area contributed by atoms with Crippen molar-refractivity contribution in [3.63, 3.8) is 0 Å². The minimum absolute atomic E-state index is 0.245. The van der Waals surface area contributed by atoms with Gasteiger partial charge in [0.05, 0.1) is 13.5 Å². The third-order valence-electron chi connectivity index (χ3n) is 2.73. The van der Waals surface area contributed by atoms with Gasteiger partial charge in [0, 0.05) is 33.1 Å². The lowest BCUT2D eigenvalue weighted by molar-refractivity contribution is -0.140. The number of esters is 1. The number of nitrogens with zero attached hydrogens (tertiary/aromatic N) is 4. The van der Waals surface area contributed by atoms with Gasteiger partial charge in [-0.05, 0) is 0 Å². The Balaban J connectivity index is 2.26. The summed E-state index contributed by atoms with van der Waals surface area (Å²) in [7, 11) is 3.06. The first-order valence-electron chi connectivity index (χ1n) is 6.59. The van der Waals surface area contributed by atoms with Crippen LogP contribution < -0.4 is 10.6 Å². The van der Waals surface area contributed by atoms with Crippen LogP contribution in [0.3, 0.4) is 0 Å². The zero-order valence-electron chi connectivity index (χ0n) is 12.2. The first-order valence-corrected chi connectivity index (χ1v) is 6.59. The van der Waals surface area contributed by atoms with E-state index in [9.17, 15) is 4.79 Å². The van der Waals surface area contributed by atoms with Crippen LogP contribution in [0.2, 0.25) is 0 Å². The van der Waals surface area contributed by atoms with Crippen molar-refractivity contribution in [2.24, 2.45) is 4.99 Å². The Hall–Kier alpha value is -2.12. The van der Waals surface area contributed by atoms with Gasteiger partial charge in [0.25, 0.3) is 0 Å². The van der Waals surface area contributed by atoms with E-state index in [0.717, 1.165) is 18.8 Å². The van der Waals surface area contributed by atoms with Gasteiger partial charge in [-0.15, -0.1) is 10.2 Å². The van der Waals surface area contributed by atoms with Crippen LogP contribution in [0.25, 0.3) is 0 Å². The highest BCUT2D eigenvalue weighted by Crippen LogP contribution is 1.94. The maximum absolute atomic E-state index is 11.0. The molecule has 1 heterocycles. The molecule has 0 atom stereocenters. The van der Waals surface area contributed by atoms with E-state index < -0.39 is 0 Å². The van der Waals surface area contributed by atoms with Gasteiger partial charge >= 0.3 is 5.97 Å². The van der Waals surface area contributed by atoms with Gasteiger partial charge in [0.15, 0.2) is 5.96 Å². The second-order valence-corrected chi connectivity index (χ2v) is 4.05. The van der Waals surface area contributed by atoms with Crippen molar-refractivity contribution in [2.75, 3.05) is 27.2 Å². The lowest BCUT2D eigenvalue weighted by Crippen LogP contribution is -2.39. The van der Waals surface area contributed by atoms with Gasteiger partial charge in [-0.3, -0.25) is 9.79 Å². The minimum atomic E-state index is -0.245. The summed E-state index contributed by atoms with van der Waals surface area (Å²) in [4.78, 5) is 15.1. The van der Waals surface area contributed by atoms with Crippen molar-refractivity contribution in [3.05, 3.63) is 12.2 Å². The predicted octanol–water partition coefficient (Wildman–Crippen LogP) is -0.431. The number of hydrogen-bond donors (Lipinski definition) is 2. The van der Waals surface area contributed by atoms with E-state index in [1.54, 1.807) is 13.4 Å². The summed E-state index contributed by atoms with van der Waals surface area (Å²) in [5.74, 6) is 1.37. The standard InChI is InChI=1S/C12H22N6O2/c1-4-10-17-16-9-18(10)8-7-15-12(13-2)14-6-5-11(19)20-3/h9H,4-8H2,1-3H3,(H2,13,14,15). The molecule has 112 valence electrons. The maximum atomic E-state index is 11.0. The molecule has 0 unspecified atom stereocenters. The molecule has 0 aromatic carbocycles. The van der Waals surface area contributed by atoms with Crippen LogP contribution in [-0.4, -0.2) is 53.9 Å². The van der Waals surface area contributed by atoms with Crippen molar-refractivity contribution in [1.29, 1.82) is 0 Å². The van der Waals surface area contributed by atoms with Gasteiger partial charge in [0.2, 0.25) is 0 Å². The molecule has 0 aliphatic rings. The van der Waals surface area contributed by atoms with E-state index in [-0.39, 0.29) is 5.97 Å². The number of ether oxygens (including phenoxy) is 1. The van der Waals surface area contributed by atoms with Crippen LogP contribution in [0.4, 0.5) is 0 Å². The molecule has 0 fully saturated rings. The average molecular weight is 282 g/mol. The Morgan fingerprint density at radius 1 is 1.45 bits per heavy atom. The molecule has 0 bridgehead atoms. The average Bonchev–Trinajstić information content (AvgIpc) is 2.92. The summed E-state index contributed by atoms with van der Waals surface area (Å²) in [6.45, 7) is 3.98. The van der Waals surface area contributed by atoms with Gasteiger partial charge < -0.3 is 19.9 Å². The molecule has 0 aliphatic heterocycles. The highest BCUT2D eigenvalue weighted by atomic mass is 16.5. The van der Waals surface area contributed by atoms with E-state index in [1.165, 1.54) is 7.11 Å². The molecular weight excluding hydrogens is 260 g/mol. The van der Waals surface area contributed by atoms with Gasteiger partial charge in [0.1, 0.15) is 12.2 Å². The van der Waals surface area contributed by atoms with Crippen molar-refractivity contribution in [2.45, 2.75) is 26.3 Å². The number of rotatable bonds is 7. The van der Waals surface area contributed by atoms with Crippen LogP contribution in [0.5, 0.6) is 0 Å². The monoisotopic (exact) mass is 282 g/mol. The summed E-state index contributed by atoms with van der Waals surface area (Å²) in [5.41, 5.74) is 0. The number of methoxy groups -OCH3 is 1. The first-order chi connectivity index (χ1) is 9.71. The fourth-order valence-electron chi connectivity index (χ4n) is 1.64. The number of aliphatic imine (C=N–C) groups is 1. The van der Waals surface area contributed by atoms with Crippen molar-refractivity contribution >= 4 is 11.9 Å². The lowest BCUT2D eigenvalue weighted by atomic mass is 10.4. The molecule has 0 saturated carbocycles. The highest BCUT2D eigenvalue weighted by Gasteiger charge is 2.03. The Morgan fingerprint density at radius 3 is 2.85 bits per heavy atom. The molecule has 2 N–H and O–H groups in total. The molecule has 0 aliphatic carbocycles. The molecule has 0 radical (unpaired) electrons. The predicted molar refractivity (Wildman–Crippen MR) is 75.4 cm³/mol. The SMILES string of the molecule is CCc1nncn1CCNC(=NC)NCCC(=O)OC. The zero-order chi connectivity index (χ0) is 14.8. The van der Waals surface area contributed by atoms with Crippen LogP contribution in [0.15, 0.2) is 11.3 Å². The van der Waals surface area contributed by atoms with Gasteiger partial charge in [-0.2, -0.15) is 0 Å². The molecule has 0 spiro atoms. The molecule has 8 nitrogen and oxygen atoms in total. The summed E-state index contributed by atoms with van der Waals surface area (Å²) in [5, 5.41) is 14.1. The Labute approximate surface area is 118 Å². The topological polar surface area (TPSA) is 93.4 Å². The number of hydrogen-bond acceptors (Lipinski definition) is 5. The molecule has 1 aromatic rings. The van der Waals surface area contributed by atoms with Gasteiger partial charge in [-0.25, -0.2) is 0 Å². The first kappa shape index (κ1) is 15.9. The number of carbonyl (C=O) groups excluding carboxylic acids is 1. The number of aryl methyl sites for hydroxylation is 1. The number of nitrogens with one attached hydrogen (secondary N) is 2. The molecule has 8 heteroatoms. The van der Waals surface area contributed by atoms with Crippen LogP contribution in [0, 0.1) is 0 Å². The second-order valence-electron chi connectivity index (χ2n) is 4.05. The molecule has 20 heavy (non-hydrogen) atoms. The molecule has 0 amide bonds. The normalized spacial score (nSPS) is 11.2. The zero-order valence-corrected chi connectivity index (χ0v) is 12.2. The fraction of sp³-hybridized carbons (Fsp3) is 0.667. The minimum Gasteiger partial charge on any atom is -0.469 e. The number of carbonyl (C=O) groups is 1. The number of aromatic nitrogens is 3. The third kappa shape index (κ3) is 5.25. The summed E-state index contributed by atoms with van der Waals surface area (Å²) >= 11 is 0. The van der Waals surface area contributed by atoms with E-state index in [0.29, 0.717) is 25.5 Å². The molecular formula is C12H22N6O2. The smallest absolute Gasteiger partial charge is 0.307 e. The second kappa shape index (κ2) is 8.89.